The van der Waals surface area contributed by atoms with E-state index in [2.05, 4.69) is 24.3 Å². The third-order valence-corrected chi connectivity index (χ3v) is 9.67. The first-order valence-electron chi connectivity index (χ1n) is 15.1. The maximum Gasteiger partial charge on any atom is 0.0571 e. The van der Waals surface area contributed by atoms with Gasteiger partial charge in [-0.2, -0.15) is 0 Å². The second kappa shape index (κ2) is 14.0. The van der Waals surface area contributed by atoms with E-state index in [1.54, 1.807) is 5.57 Å². The predicted molar refractivity (Wildman–Crippen MR) is 144 cm³/mol. The van der Waals surface area contributed by atoms with Crippen LogP contribution in [0.4, 0.5) is 0 Å². The number of fused-ring (bicyclic) bond motifs is 1. The molecular weight excluding hydrogens is 416 g/mol. The van der Waals surface area contributed by atoms with Gasteiger partial charge in [-0.15, -0.1) is 0 Å². The van der Waals surface area contributed by atoms with Crippen LogP contribution in [-0.2, 0) is 0 Å². The van der Waals surface area contributed by atoms with E-state index in [1.165, 1.54) is 76.2 Å². The summed E-state index contributed by atoms with van der Waals surface area (Å²) in [7, 11) is 0. The van der Waals surface area contributed by atoms with Crippen LogP contribution in [0.5, 0.6) is 0 Å². The summed E-state index contributed by atoms with van der Waals surface area (Å²) >= 11 is 0. The van der Waals surface area contributed by atoms with Crippen LogP contribution in [0.1, 0.15) is 128 Å². The molecule has 0 heterocycles. The maximum absolute atomic E-state index is 11.2. The smallest absolute Gasteiger partial charge is 0.0571 e. The Morgan fingerprint density at radius 2 is 1.71 bits per heavy atom. The Kier molecular flexibility index (Phi) is 10.8. The molecule has 192 valence electrons. The lowest BCUT2D eigenvalue weighted by atomic mass is 9.64. The fourth-order valence-electron chi connectivity index (χ4n) is 7.68. The quantitative estimate of drug-likeness (QED) is 0.282. The van der Waals surface area contributed by atoms with Crippen molar-refractivity contribution in [3.8, 4) is 0 Å². The first-order chi connectivity index (χ1) is 16.7. The Morgan fingerprint density at radius 1 is 0.824 bits per heavy atom. The third-order valence-electron chi connectivity index (χ3n) is 9.67. The standard InChI is InChI=1S/C32H52O2/c33-30(24-28-17-9-16-27-15-7-8-19-31(27)28)18-10-20-32(34)29(23-26-13-5-2-6-14-26)22-21-25-11-3-1-4-12-25/h5,11,13-14,27-34H,1-4,6-10,12,15-24H2. The highest BCUT2D eigenvalue weighted by Gasteiger charge is 2.35. The molecule has 0 bridgehead atoms. The van der Waals surface area contributed by atoms with Gasteiger partial charge in [-0.1, -0.05) is 74.0 Å². The van der Waals surface area contributed by atoms with Gasteiger partial charge in [-0.25, -0.2) is 0 Å². The lowest BCUT2D eigenvalue weighted by molar-refractivity contribution is 0.0460. The molecule has 2 fully saturated rings. The van der Waals surface area contributed by atoms with E-state index in [-0.39, 0.29) is 12.2 Å². The monoisotopic (exact) mass is 468 g/mol. The minimum absolute atomic E-state index is 0.173. The van der Waals surface area contributed by atoms with Gasteiger partial charge >= 0.3 is 0 Å². The minimum atomic E-state index is -0.245. The highest BCUT2D eigenvalue weighted by Crippen LogP contribution is 2.45. The number of aliphatic hydroxyl groups excluding tert-OH is 2. The van der Waals surface area contributed by atoms with E-state index in [9.17, 15) is 10.2 Å². The maximum atomic E-state index is 11.2. The molecule has 4 aliphatic carbocycles. The molecule has 0 aromatic rings. The zero-order chi connectivity index (χ0) is 23.6. The summed E-state index contributed by atoms with van der Waals surface area (Å²) in [6, 6.07) is 0. The summed E-state index contributed by atoms with van der Waals surface area (Å²) in [5.41, 5.74) is 3.05. The molecule has 4 aliphatic rings. The topological polar surface area (TPSA) is 40.5 Å². The molecule has 4 rings (SSSR count). The molecule has 34 heavy (non-hydrogen) atoms. The highest BCUT2D eigenvalue weighted by molar-refractivity contribution is 5.22. The molecule has 6 atom stereocenters. The van der Waals surface area contributed by atoms with Gasteiger partial charge in [0.05, 0.1) is 12.2 Å². The Balaban J connectivity index is 1.23. The first-order valence-corrected chi connectivity index (χ1v) is 15.1. The van der Waals surface area contributed by atoms with Crippen molar-refractivity contribution in [2.24, 2.45) is 23.7 Å². The van der Waals surface area contributed by atoms with E-state index < -0.39 is 0 Å². The SMILES string of the molecule is OC(CCCC(O)C(CCC1=CCCCC1)CC1=CCCC=C1)CC1CCCC2CCCCC21. The summed E-state index contributed by atoms with van der Waals surface area (Å²) in [5, 5.41) is 22.1. The van der Waals surface area contributed by atoms with Crippen molar-refractivity contribution in [3.05, 3.63) is 35.5 Å². The van der Waals surface area contributed by atoms with Crippen molar-refractivity contribution in [2.75, 3.05) is 0 Å². The molecule has 0 saturated heterocycles. The Bertz CT molecular complexity index is 687. The van der Waals surface area contributed by atoms with E-state index in [0.717, 1.165) is 75.5 Å². The van der Waals surface area contributed by atoms with Crippen LogP contribution < -0.4 is 0 Å². The van der Waals surface area contributed by atoms with Gasteiger partial charge in [-0.3, -0.25) is 0 Å². The molecule has 6 unspecified atom stereocenters. The normalized spacial score (nSPS) is 30.1. The van der Waals surface area contributed by atoms with Gasteiger partial charge in [0.2, 0.25) is 0 Å². The number of hydrogen-bond acceptors (Lipinski definition) is 2. The van der Waals surface area contributed by atoms with Crippen LogP contribution >= 0.6 is 0 Å². The van der Waals surface area contributed by atoms with Gasteiger partial charge in [-0.05, 0) is 114 Å². The second-order valence-corrected chi connectivity index (χ2v) is 12.2. The lowest BCUT2D eigenvalue weighted by Crippen LogP contribution is -2.33. The summed E-state index contributed by atoms with van der Waals surface area (Å²) in [6.07, 6.45) is 33.3. The molecule has 0 aromatic heterocycles. The van der Waals surface area contributed by atoms with E-state index in [4.69, 9.17) is 0 Å². The molecule has 0 amide bonds. The fraction of sp³-hybridized carbons (Fsp3) is 0.812. The Hall–Kier alpha value is -0.860. The Morgan fingerprint density at radius 3 is 2.53 bits per heavy atom. The first kappa shape index (κ1) is 26.2. The highest BCUT2D eigenvalue weighted by atomic mass is 16.3. The molecule has 2 heteroatoms. The number of aliphatic hydroxyl groups is 2. The molecule has 2 N–H and O–H groups in total. The van der Waals surface area contributed by atoms with Gasteiger partial charge in [0.25, 0.3) is 0 Å². The van der Waals surface area contributed by atoms with Gasteiger partial charge in [0.1, 0.15) is 0 Å². The van der Waals surface area contributed by atoms with Crippen molar-refractivity contribution in [1.82, 2.24) is 0 Å². The van der Waals surface area contributed by atoms with Crippen LogP contribution in [0.15, 0.2) is 35.5 Å². The largest absolute Gasteiger partial charge is 0.393 e. The van der Waals surface area contributed by atoms with Crippen molar-refractivity contribution >= 4 is 0 Å². The molecule has 2 nitrogen and oxygen atoms in total. The van der Waals surface area contributed by atoms with Crippen LogP contribution in [-0.4, -0.2) is 22.4 Å². The van der Waals surface area contributed by atoms with Crippen molar-refractivity contribution in [1.29, 1.82) is 0 Å². The van der Waals surface area contributed by atoms with E-state index in [1.807, 2.05) is 0 Å². The van der Waals surface area contributed by atoms with Crippen molar-refractivity contribution in [3.63, 3.8) is 0 Å². The van der Waals surface area contributed by atoms with Gasteiger partial charge in [0, 0.05) is 0 Å². The fourth-order valence-corrected chi connectivity index (χ4v) is 7.68. The van der Waals surface area contributed by atoms with Gasteiger partial charge < -0.3 is 10.2 Å². The van der Waals surface area contributed by atoms with Crippen molar-refractivity contribution < 1.29 is 10.2 Å². The molecule has 0 spiro atoms. The summed E-state index contributed by atoms with van der Waals surface area (Å²) in [6.45, 7) is 0. The molecule has 0 aliphatic heterocycles. The van der Waals surface area contributed by atoms with Crippen LogP contribution in [0.3, 0.4) is 0 Å². The average molecular weight is 469 g/mol. The molecule has 0 aromatic carbocycles. The zero-order valence-electron chi connectivity index (χ0n) is 21.8. The van der Waals surface area contributed by atoms with E-state index in [0.29, 0.717) is 5.92 Å². The Labute approximate surface area is 210 Å². The number of allylic oxidation sites excluding steroid dienone is 6. The molecule has 2 saturated carbocycles. The summed E-state index contributed by atoms with van der Waals surface area (Å²) in [5.74, 6) is 2.93. The number of hydrogen-bond donors (Lipinski definition) is 2. The van der Waals surface area contributed by atoms with Crippen LogP contribution in [0.25, 0.3) is 0 Å². The minimum Gasteiger partial charge on any atom is -0.393 e. The predicted octanol–water partition coefficient (Wildman–Crippen LogP) is 8.44. The lowest BCUT2D eigenvalue weighted by Gasteiger charge is -2.42. The van der Waals surface area contributed by atoms with Crippen LogP contribution in [0.2, 0.25) is 0 Å². The van der Waals surface area contributed by atoms with Crippen LogP contribution in [0, 0.1) is 23.7 Å². The summed E-state index contributed by atoms with van der Waals surface area (Å²) < 4.78 is 0. The average Bonchev–Trinajstić information content (AvgIpc) is 2.88. The van der Waals surface area contributed by atoms with Gasteiger partial charge in [0.15, 0.2) is 0 Å². The third kappa shape index (κ3) is 8.09. The second-order valence-electron chi connectivity index (χ2n) is 12.2. The molecular formula is C32H52O2. The molecule has 0 radical (unpaired) electrons. The van der Waals surface area contributed by atoms with E-state index >= 15 is 0 Å². The zero-order valence-corrected chi connectivity index (χ0v) is 21.8. The summed E-state index contributed by atoms with van der Waals surface area (Å²) in [4.78, 5) is 0. The number of rotatable bonds is 12. The van der Waals surface area contributed by atoms with Crippen molar-refractivity contribution in [2.45, 2.75) is 141 Å².